The zero-order chi connectivity index (χ0) is 10.2. The van der Waals surface area contributed by atoms with E-state index in [4.69, 9.17) is 4.74 Å². The van der Waals surface area contributed by atoms with Gasteiger partial charge in [-0.3, -0.25) is 4.79 Å². The number of carbonyl (C=O) groups excluding carboxylic acids is 1. The average Bonchev–Trinajstić information content (AvgIpc) is 2.55. The summed E-state index contributed by atoms with van der Waals surface area (Å²) < 4.78 is 24.3. The largest absolute Gasteiger partial charge is 0.468 e. The van der Waals surface area contributed by atoms with Crippen LogP contribution in [0.3, 0.4) is 0 Å². The van der Waals surface area contributed by atoms with Crippen molar-refractivity contribution in [3.8, 4) is 0 Å². The molecule has 5 heteroatoms. The first-order valence-electron chi connectivity index (χ1n) is 4.70. The lowest BCUT2D eigenvalue weighted by molar-refractivity contribution is -0.175. The van der Waals surface area contributed by atoms with Crippen LogP contribution in [-0.2, 0) is 14.3 Å². The van der Waals surface area contributed by atoms with Crippen LogP contribution in [0, 0.1) is 5.41 Å². The first kappa shape index (κ1) is 9.86. The first-order chi connectivity index (χ1) is 6.65. The van der Waals surface area contributed by atoms with Crippen molar-refractivity contribution in [3.05, 3.63) is 0 Å². The van der Waals surface area contributed by atoms with Crippen LogP contribution in [-0.4, -0.2) is 45.1 Å². The minimum absolute atomic E-state index is 0.114. The second kappa shape index (κ2) is 3.17. The molecule has 2 aliphatic heterocycles. The number of carbonyl (C=O) groups is 1. The highest BCUT2D eigenvalue weighted by Crippen LogP contribution is 2.45. The summed E-state index contributed by atoms with van der Waals surface area (Å²) in [6, 6.07) is 0. The molecule has 2 unspecified atom stereocenters. The third-order valence-electron chi connectivity index (χ3n) is 3.26. The number of ether oxygens (including phenoxy) is 2. The molecule has 80 valence electrons. The maximum Gasteiger partial charge on any atom is 0.318 e. The molecular formula is C9H14FNO3. The van der Waals surface area contributed by atoms with E-state index in [-0.39, 0.29) is 19.6 Å². The molecule has 0 saturated carbocycles. The van der Waals surface area contributed by atoms with Crippen molar-refractivity contribution in [1.82, 2.24) is 5.32 Å². The van der Waals surface area contributed by atoms with Crippen LogP contribution in [0.5, 0.6) is 0 Å². The van der Waals surface area contributed by atoms with Gasteiger partial charge in [0.2, 0.25) is 0 Å². The predicted octanol–water partition coefficient (Wildman–Crippen LogP) is -0.122. The Hall–Kier alpha value is -0.680. The molecule has 0 radical (unpaired) electrons. The topological polar surface area (TPSA) is 47.6 Å². The minimum atomic E-state index is -1.50. The Morgan fingerprint density at radius 2 is 2.36 bits per heavy atom. The van der Waals surface area contributed by atoms with Crippen LogP contribution in [0.1, 0.15) is 6.42 Å². The first-order valence-corrected chi connectivity index (χ1v) is 4.70. The molecule has 0 aliphatic carbocycles. The highest BCUT2D eigenvalue weighted by Gasteiger charge is 2.63. The Morgan fingerprint density at radius 1 is 1.57 bits per heavy atom. The lowest BCUT2D eigenvalue weighted by Gasteiger charge is -2.40. The van der Waals surface area contributed by atoms with Crippen LogP contribution in [0.4, 0.5) is 4.39 Å². The Kier molecular flexibility index (Phi) is 2.23. The van der Waals surface area contributed by atoms with Gasteiger partial charge >= 0.3 is 5.97 Å². The van der Waals surface area contributed by atoms with E-state index in [1.807, 2.05) is 0 Å². The summed E-state index contributed by atoms with van der Waals surface area (Å²) in [5, 5.41) is 2.90. The van der Waals surface area contributed by atoms with Gasteiger partial charge in [0.05, 0.1) is 13.7 Å². The lowest BCUT2D eigenvalue weighted by Crippen LogP contribution is -2.56. The molecule has 0 aromatic carbocycles. The zero-order valence-electron chi connectivity index (χ0n) is 8.14. The number of rotatable bonds is 1. The number of fused-ring (bicyclic) bond motifs is 1. The van der Waals surface area contributed by atoms with Crippen molar-refractivity contribution in [3.63, 3.8) is 0 Å². The van der Waals surface area contributed by atoms with Gasteiger partial charge in [-0.25, -0.2) is 4.39 Å². The van der Waals surface area contributed by atoms with Crippen molar-refractivity contribution in [1.29, 1.82) is 0 Å². The highest BCUT2D eigenvalue weighted by atomic mass is 19.1. The number of nitrogens with one attached hydrogen (secondary N) is 1. The molecule has 2 saturated heterocycles. The molecule has 4 nitrogen and oxygen atoms in total. The second-order valence-corrected chi connectivity index (χ2v) is 3.95. The van der Waals surface area contributed by atoms with E-state index in [1.54, 1.807) is 0 Å². The predicted molar refractivity (Wildman–Crippen MR) is 46.6 cm³/mol. The molecule has 2 fully saturated rings. The Labute approximate surface area is 81.8 Å². The molecule has 2 aliphatic rings. The number of methoxy groups -OCH3 is 1. The van der Waals surface area contributed by atoms with Crippen LogP contribution in [0.15, 0.2) is 0 Å². The van der Waals surface area contributed by atoms with Crippen LogP contribution < -0.4 is 5.32 Å². The van der Waals surface area contributed by atoms with E-state index in [0.29, 0.717) is 13.2 Å². The number of halogens is 1. The van der Waals surface area contributed by atoms with Crippen LogP contribution >= 0.6 is 0 Å². The summed E-state index contributed by atoms with van der Waals surface area (Å²) in [5.74, 6) is -0.510. The van der Waals surface area contributed by atoms with Gasteiger partial charge in [0.1, 0.15) is 11.1 Å². The monoisotopic (exact) mass is 203 g/mol. The van der Waals surface area contributed by atoms with Crippen molar-refractivity contribution in [2.24, 2.45) is 5.41 Å². The average molecular weight is 203 g/mol. The summed E-state index contributed by atoms with van der Waals surface area (Å²) >= 11 is 0. The molecule has 14 heavy (non-hydrogen) atoms. The molecule has 1 N–H and O–H groups in total. The van der Waals surface area contributed by atoms with E-state index in [0.717, 1.165) is 0 Å². The van der Waals surface area contributed by atoms with Gasteiger partial charge in [-0.05, 0) is 0 Å². The van der Waals surface area contributed by atoms with Gasteiger partial charge in [-0.1, -0.05) is 0 Å². The van der Waals surface area contributed by atoms with E-state index >= 15 is 0 Å². The Bertz CT molecular complexity index is 260. The Morgan fingerprint density at radius 3 is 3.07 bits per heavy atom. The molecule has 2 rings (SSSR count). The molecule has 0 aromatic heterocycles. The molecule has 0 amide bonds. The maximum atomic E-state index is 14.4. The number of alkyl halides is 1. The fraction of sp³-hybridized carbons (Fsp3) is 0.889. The van der Waals surface area contributed by atoms with Crippen molar-refractivity contribution < 1.29 is 18.7 Å². The second-order valence-electron chi connectivity index (χ2n) is 3.95. The number of hydrogen-bond donors (Lipinski definition) is 1. The van der Waals surface area contributed by atoms with Gasteiger partial charge < -0.3 is 14.8 Å². The summed E-state index contributed by atoms with van der Waals surface area (Å²) in [6.45, 7) is 1.00. The number of esters is 1. The summed E-state index contributed by atoms with van der Waals surface area (Å²) in [4.78, 5) is 11.6. The highest BCUT2D eigenvalue weighted by molar-refractivity contribution is 5.80. The van der Waals surface area contributed by atoms with Gasteiger partial charge in [-0.2, -0.15) is 0 Å². The maximum absolute atomic E-state index is 14.4. The fourth-order valence-electron chi connectivity index (χ4n) is 2.30. The van der Waals surface area contributed by atoms with E-state index in [9.17, 15) is 9.18 Å². The van der Waals surface area contributed by atoms with Crippen LogP contribution in [0.2, 0.25) is 0 Å². The van der Waals surface area contributed by atoms with Gasteiger partial charge in [-0.15, -0.1) is 0 Å². The third kappa shape index (κ3) is 1.09. The lowest BCUT2D eigenvalue weighted by atomic mass is 9.73. The fourth-order valence-corrected chi connectivity index (χ4v) is 2.30. The normalized spacial score (nSPS) is 41.9. The minimum Gasteiger partial charge on any atom is -0.468 e. The summed E-state index contributed by atoms with van der Waals surface area (Å²) in [5.41, 5.74) is -2.63. The summed E-state index contributed by atoms with van der Waals surface area (Å²) in [6.07, 6.45) is 0.259. The quantitative estimate of drug-likeness (QED) is 0.603. The molecule has 0 spiro atoms. The molecular weight excluding hydrogens is 189 g/mol. The standard InChI is InChI=1S/C9H14FNO3/c1-13-7(12)8-4-11-5-9(8,10)2-3-14-6-8/h11H,2-6H2,1H3. The smallest absolute Gasteiger partial charge is 0.318 e. The molecule has 2 atom stereocenters. The van der Waals surface area contributed by atoms with Crippen LogP contribution in [0.25, 0.3) is 0 Å². The molecule has 0 bridgehead atoms. The van der Waals surface area contributed by atoms with Gasteiger partial charge in [0.25, 0.3) is 0 Å². The van der Waals surface area contributed by atoms with E-state index in [1.165, 1.54) is 7.11 Å². The third-order valence-corrected chi connectivity index (χ3v) is 3.26. The zero-order valence-corrected chi connectivity index (χ0v) is 8.14. The SMILES string of the molecule is COC(=O)C12CNCC1(F)CCOC2. The van der Waals surface area contributed by atoms with Crippen molar-refractivity contribution in [2.45, 2.75) is 12.1 Å². The van der Waals surface area contributed by atoms with Crippen molar-refractivity contribution in [2.75, 3.05) is 33.4 Å². The Balaban J connectivity index is 2.32. The van der Waals surface area contributed by atoms with Gasteiger partial charge in [0.15, 0.2) is 0 Å². The van der Waals surface area contributed by atoms with E-state index < -0.39 is 17.1 Å². The molecule has 2 heterocycles. The van der Waals surface area contributed by atoms with Crippen molar-refractivity contribution >= 4 is 5.97 Å². The van der Waals surface area contributed by atoms with E-state index in [2.05, 4.69) is 10.1 Å². The van der Waals surface area contributed by atoms with Gasteiger partial charge in [0, 0.05) is 26.1 Å². The number of hydrogen-bond acceptors (Lipinski definition) is 4. The summed E-state index contributed by atoms with van der Waals surface area (Å²) in [7, 11) is 1.28. The molecule has 0 aromatic rings.